The fourth-order valence-electron chi connectivity index (χ4n) is 2.83. The lowest BCUT2D eigenvalue weighted by atomic mass is 10.0. The number of hydrazine groups is 1. The number of amides is 1. The van der Waals surface area contributed by atoms with Crippen LogP contribution in [0.3, 0.4) is 0 Å². The number of allylic oxidation sites excluding steroid dienone is 1. The number of pyridine rings is 1. The maximum Gasteiger partial charge on any atom is 0.271 e. The standard InChI is InChI=1S/C14H16N4OS/c19-13(11-2-1-5-15-8-11)17-18-14(20)16-12-7-9-3-4-10(12)6-9/h1-5,8-10,12H,6-7H2,(H,17,19)(H2,16,18,20)/t9-,10+,12+/m0/s1. The highest BCUT2D eigenvalue weighted by Crippen LogP contribution is 2.38. The Morgan fingerprint density at radius 1 is 1.30 bits per heavy atom. The molecule has 2 aliphatic rings. The van der Waals surface area contributed by atoms with Crippen molar-refractivity contribution in [3.8, 4) is 0 Å². The van der Waals surface area contributed by atoms with Gasteiger partial charge in [0.1, 0.15) is 0 Å². The summed E-state index contributed by atoms with van der Waals surface area (Å²) in [5.74, 6) is 0.995. The molecule has 5 nitrogen and oxygen atoms in total. The molecule has 2 aliphatic carbocycles. The van der Waals surface area contributed by atoms with Crippen molar-refractivity contribution in [2.45, 2.75) is 18.9 Å². The summed E-state index contributed by atoms with van der Waals surface area (Å²) in [5.41, 5.74) is 5.79. The van der Waals surface area contributed by atoms with E-state index in [0.29, 0.717) is 28.6 Å². The van der Waals surface area contributed by atoms with Crippen LogP contribution in [-0.4, -0.2) is 22.0 Å². The second-order valence-electron chi connectivity index (χ2n) is 5.18. The molecule has 0 aromatic carbocycles. The van der Waals surface area contributed by atoms with E-state index in [1.807, 2.05) is 0 Å². The Morgan fingerprint density at radius 3 is 2.85 bits per heavy atom. The maximum absolute atomic E-state index is 11.8. The SMILES string of the molecule is O=C(NNC(=S)N[C@@H]1C[C@H]2C=C[C@@H]1C2)c1cccnc1. The topological polar surface area (TPSA) is 66.1 Å². The predicted octanol–water partition coefficient (Wildman–Crippen LogP) is 1.16. The quantitative estimate of drug-likeness (QED) is 0.433. The third kappa shape index (κ3) is 2.80. The Hall–Kier alpha value is -1.95. The van der Waals surface area contributed by atoms with E-state index in [2.05, 4.69) is 33.3 Å². The van der Waals surface area contributed by atoms with Gasteiger partial charge in [0.2, 0.25) is 0 Å². The van der Waals surface area contributed by atoms with Gasteiger partial charge in [-0.1, -0.05) is 12.2 Å². The van der Waals surface area contributed by atoms with Crippen LogP contribution in [0.1, 0.15) is 23.2 Å². The Kier molecular flexibility index (Phi) is 3.64. The zero-order chi connectivity index (χ0) is 13.9. The summed E-state index contributed by atoms with van der Waals surface area (Å²) in [6, 6.07) is 3.79. The highest BCUT2D eigenvalue weighted by molar-refractivity contribution is 7.80. The minimum Gasteiger partial charge on any atom is -0.358 e. The van der Waals surface area contributed by atoms with Crippen LogP contribution in [-0.2, 0) is 0 Å². The number of hydrogen-bond acceptors (Lipinski definition) is 3. The zero-order valence-electron chi connectivity index (χ0n) is 10.9. The van der Waals surface area contributed by atoms with E-state index in [9.17, 15) is 4.79 Å². The maximum atomic E-state index is 11.8. The molecular formula is C14H16N4OS. The molecule has 0 radical (unpaired) electrons. The number of nitrogens with zero attached hydrogens (tertiary/aromatic N) is 1. The first-order valence-corrected chi connectivity index (χ1v) is 7.08. The van der Waals surface area contributed by atoms with Crippen molar-refractivity contribution >= 4 is 23.2 Å². The molecule has 0 spiro atoms. The number of thiocarbonyl (C=S) groups is 1. The molecule has 0 unspecified atom stereocenters. The van der Waals surface area contributed by atoms with Crippen molar-refractivity contribution in [1.82, 2.24) is 21.2 Å². The monoisotopic (exact) mass is 288 g/mol. The highest BCUT2D eigenvalue weighted by Gasteiger charge is 2.35. The van der Waals surface area contributed by atoms with Crippen molar-refractivity contribution < 1.29 is 4.79 Å². The summed E-state index contributed by atoms with van der Waals surface area (Å²) in [6.07, 6.45) is 9.99. The van der Waals surface area contributed by atoms with Crippen molar-refractivity contribution in [3.05, 3.63) is 42.2 Å². The molecule has 1 aromatic heterocycles. The van der Waals surface area contributed by atoms with Gasteiger partial charge in [-0.25, -0.2) is 0 Å². The van der Waals surface area contributed by atoms with Crippen LogP contribution >= 0.6 is 12.2 Å². The summed E-state index contributed by atoms with van der Waals surface area (Å²) >= 11 is 5.20. The first kappa shape index (κ1) is 13.1. The van der Waals surface area contributed by atoms with Gasteiger partial charge in [-0.3, -0.25) is 20.6 Å². The molecule has 1 fully saturated rings. The van der Waals surface area contributed by atoms with Crippen molar-refractivity contribution in [2.24, 2.45) is 11.8 Å². The van der Waals surface area contributed by atoms with Crippen LogP contribution < -0.4 is 16.2 Å². The summed E-state index contributed by atoms with van der Waals surface area (Å²) in [5, 5.41) is 3.71. The molecule has 3 atom stereocenters. The number of hydrogen-bond donors (Lipinski definition) is 3. The first-order chi connectivity index (χ1) is 9.72. The van der Waals surface area contributed by atoms with E-state index in [0.717, 1.165) is 6.42 Å². The Balaban J connectivity index is 1.46. The molecule has 1 saturated carbocycles. The van der Waals surface area contributed by atoms with Crippen LogP contribution in [0.2, 0.25) is 0 Å². The lowest BCUT2D eigenvalue weighted by Crippen LogP contribution is -2.50. The van der Waals surface area contributed by atoms with Gasteiger partial charge in [-0.05, 0) is 49.0 Å². The van der Waals surface area contributed by atoms with E-state index in [4.69, 9.17) is 12.2 Å². The van der Waals surface area contributed by atoms with Gasteiger partial charge in [0.05, 0.1) is 5.56 Å². The van der Waals surface area contributed by atoms with E-state index >= 15 is 0 Å². The summed E-state index contributed by atoms with van der Waals surface area (Å²) < 4.78 is 0. The first-order valence-electron chi connectivity index (χ1n) is 6.67. The number of aromatic nitrogens is 1. The molecule has 2 bridgehead atoms. The van der Waals surface area contributed by atoms with E-state index in [1.54, 1.807) is 18.3 Å². The number of carbonyl (C=O) groups excluding carboxylic acids is 1. The second kappa shape index (κ2) is 5.58. The minimum absolute atomic E-state index is 0.255. The Bertz CT molecular complexity index is 545. The van der Waals surface area contributed by atoms with E-state index in [1.165, 1.54) is 12.6 Å². The van der Waals surface area contributed by atoms with E-state index in [-0.39, 0.29) is 5.91 Å². The lowest BCUT2D eigenvalue weighted by Gasteiger charge is -2.21. The van der Waals surface area contributed by atoms with E-state index < -0.39 is 0 Å². The fraction of sp³-hybridized carbons (Fsp3) is 0.357. The van der Waals surface area contributed by atoms with Crippen LogP contribution in [0.5, 0.6) is 0 Å². The molecule has 3 rings (SSSR count). The molecular weight excluding hydrogens is 272 g/mol. The molecule has 20 heavy (non-hydrogen) atoms. The molecule has 6 heteroatoms. The molecule has 0 saturated heterocycles. The van der Waals surface area contributed by atoms with Gasteiger partial charge in [-0.15, -0.1) is 0 Å². The third-order valence-corrected chi connectivity index (χ3v) is 4.03. The molecule has 1 heterocycles. The fourth-order valence-corrected chi connectivity index (χ4v) is 3.04. The lowest BCUT2D eigenvalue weighted by molar-refractivity contribution is 0.0943. The summed E-state index contributed by atoms with van der Waals surface area (Å²) in [4.78, 5) is 15.7. The predicted molar refractivity (Wildman–Crippen MR) is 79.7 cm³/mol. The van der Waals surface area contributed by atoms with Gasteiger partial charge in [0.25, 0.3) is 5.91 Å². The highest BCUT2D eigenvalue weighted by atomic mass is 32.1. The second-order valence-corrected chi connectivity index (χ2v) is 5.59. The number of carbonyl (C=O) groups is 1. The smallest absolute Gasteiger partial charge is 0.271 e. The van der Waals surface area contributed by atoms with Gasteiger partial charge in [0, 0.05) is 18.4 Å². The normalized spacial score (nSPS) is 26.3. The van der Waals surface area contributed by atoms with Crippen molar-refractivity contribution in [3.63, 3.8) is 0 Å². The van der Waals surface area contributed by atoms with Crippen LogP contribution in [0, 0.1) is 11.8 Å². The minimum atomic E-state index is -0.255. The number of nitrogens with one attached hydrogen (secondary N) is 3. The largest absolute Gasteiger partial charge is 0.358 e. The molecule has 0 aliphatic heterocycles. The zero-order valence-corrected chi connectivity index (χ0v) is 11.7. The summed E-state index contributed by atoms with van der Waals surface area (Å²) in [6.45, 7) is 0. The average molecular weight is 288 g/mol. The average Bonchev–Trinajstić information content (AvgIpc) is 3.08. The Morgan fingerprint density at radius 2 is 2.20 bits per heavy atom. The van der Waals surface area contributed by atoms with Gasteiger partial charge in [0.15, 0.2) is 5.11 Å². The van der Waals surface area contributed by atoms with Gasteiger partial charge >= 0.3 is 0 Å². The van der Waals surface area contributed by atoms with Crippen molar-refractivity contribution in [1.29, 1.82) is 0 Å². The van der Waals surface area contributed by atoms with Crippen LogP contribution in [0.4, 0.5) is 0 Å². The number of fused-ring (bicyclic) bond motifs is 2. The van der Waals surface area contributed by atoms with Crippen molar-refractivity contribution in [2.75, 3.05) is 0 Å². The number of rotatable bonds is 2. The molecule has 3 N–H and O–H groups in total. The summed E-state index contributed by atoms with van der Waals surface area (Å²) in [7, 11) is 0. The molecule has 104 valence electrons. The third-order valence-electron chi connectivity index (χ3n) is 3.81. The molecule has 1 aromatic rings. The van der Waals surface area contributed by atoms with Gasteiger partial charge < -0.3 is 5.32 Å². The van der Waals surface area contributed by atoms with Crippen LogP contribution in [0.25, 0.3) is 0 Å². The molecule has 1 amide bonds. The van der Waals surface area contributed by atoms with Gasteiger partial charge in [-0.2, -0.15) is 0 Å². The van der Waals surface area contributed by atoms with Crippen LogP contribution in [0.15, 0.2) is 36.7 Å². The Labute approximate surface area is 122 Å².